The third kappa shape index (κ3) is 4.44. The van der Waals surface area contributed by atoms with Crippen LogP contribution in [0.3, 0.4) is 0 Å². The number of carbonyl (C=O) groups excluding carboxylic acids is 1. The van der Waals surface area contributed by atoms with Gasteiger partial charge in [0.2, 0.25) is 0 Å². The Morgan fingerprint density at radius 1 is 1.24 bits per heavy atom. The van der Waals surface area contributed by atoms with Gasteiger partial charge in [-0.3, -0.25) is 4.68 Å². The number of amides is 2. The lowest BCUT2D eigenvalue weighted by atomic mass is 9.99. The largest absolute Gasteiger partial charge is 0.391 e. The maximum atomic E-state index is 13.3. The molecular formula is C22H29N5O5S. The van der Waals surface area contributed by atoms with Crippen molar-refractivity contribution in [2.45, 2.75) is 57.2 Å². The van der Waals surface area contributed by atoms with Crippen molar-refractivity contribution in [2.75, 3.05) is 22.8 Å². The summed E-state index contributed by atoms with van der Waals surface area (Å²) in [5.74, 6) is 0. The van der Waals surface area contributed by atoms with Crippen molar-refractivity contribution in [3.05, 3.63) is 40.7 Å². The first-order valence-corrected chi connectivity index (χ1v) is 12.8. The molecule has 0 unspecified atom stereocenters. The van der Waals surface area contributed by atoms with Crippen molar-refractivity contribution in [3.8, 4) is 0 Å². The van der Waals surface area contributed by atoms with Crippen LogP contribution in [0.25, 0.3) is 0 Å². The highest BCUT2D eigenvalue weighted by Crippen LogP contribution is 2.38. The number of fused-ring (bicyclic) bond motifs is 2. The summed E-state index contributed by atoms with van der Waals surface area (Å²) in [5.41, 5.74) is 5.84. The third-order valence-electron chi connectivity index (χ3n) is 6.63. The Labute approximate surface area is 193 Å². The molecule has 0 bridgehead atoms. The quantitative estimate of drug-likeness (QED) is 0.580. The van der Waals surface area contributed by atoms with Crippen LogP contribution in [-0.4, -0.2) is 54.7 Å². The molecule has 178 valence electrons. The maximum Gasteiger partial charge on any atom is 0.334 e. The highest BCUT2D eigenvalue weighted by Gasteiger charge is 2.33. The van der Waals surface area contributed by atoms with Crippen LogP contribution in [0, 0.1) is 0 Å². The Morgan fingerprint density at radius 3 is 2.52 bits per heavy atom. The zero-order chi connectivity index (χ0) is 23.2. The third-order valence-corrected chi connectivity index (χ3v) is 8.01. The fourth-order valence-corrected chi connectivity index (χ4v) is 6.29. The molecule has 1 saturated heterocycles. The van der Waals surface area contributed by atoms with Gasteiger partial charge in [-0.05, 0) is 60.8 Å². The summed E-state index contributed by atoms with van der Waals surface area (Å²) in [6.45, 7) is 0.116. The van der Waals surface area contributed by atoms with Crippen molar-refractivity contribution in [3.63, 3.8) is 0 Å². The van der Waals surface area contributed by atoms with Crippen LogP contribution >= 0.6 is 0 Å². The molecule has 3 N–H and O–H groups in total. The number of hydrogen-bond acceptors (Lipinski definition) is 6. The van der Waals surface area contributed by atoms with E-state index >= 15 is 0 Å². The van der Waals surface area contributed by atoms with E-state index in [4.69, 9.17) is 4.74 Å². The van der Waals surface area contributed by atoms with Crippen molar-refractivity contribution in [1.82, 2.24) is 14.5 Å². The number of nitrogens with zero attached hydrogens (tertiary/aromatic N) is 3. The van der Waals surface area contributed by atoms with Crippen LogP contribution in [0.4, 0.5) is 16.2 Å². The molecule has 11 heteroatoms. The second kappa shape index (κ2) is 8.62. The molecule has 3 aliphatic rings. The SMILES string of the molecule is Cn1cc(N(C[C@H]2C[C@H](O)CO2)S(=O)(=O)NC(=O)Nc2c3c(cc4c2CCC4)CCC3)cn1. The van der Waals surface area contributed by atoms with Gasteiger partial charge in [-0.1, -0.05) is 6.07 Å². The van der Waals surface area contributed by atoms with Crippen molar-refractivity contribution >= 4 is 27.6 Å². The molecule has 2 heterocycles. The molecule has 1 fully saturated rings. The number of aliphatic hydroxyl groups is 1. The number of hydrogen-bond donors (Lipinski definition) is 3. The molecule has 1 aromatic heterocycles. The Kier molecular flexibility index (Phi) is 5.79. The number of nitrogens with one attached hydrogen (secondary N) is 2. The van der Waals surface area contributed by atoms with Gasteiger partial charge in [-0.2, -0.15) is 13.5 Å². The number of carbonyl (C=O) groups is 1. The normalized spacial score (nSPS) is 21.6. The molecule has 10 nitrogen and oxygen atoms in total. The monoisotopic (exact) mass is 475 g/mol. The highest BCUT2D eigenvalue weighted by molar-refractivity contribution is 7.91. The van der Waals surface area contributed by atoms with Gasteiger partial charge in [0.1, 0.15) is 0 Å². The van der Waals surface area contributed by atoms with Crippen molar-refractivity contribution < 1.29 is 23.1 Å². The Hall–Kier alpha value is -2.63. The van der Waals surface area contributed by atoms with Crippen LogP contribution in [0.15, 0.2) is 18.5 Å². The molecular weight excluding hydrogens is 446 g/mol. The van der Waals surface area contributed by atoms with E-state index in [1.807, 2.05) is 0 Å². The summed E-state index contributed by atoms with van der Waals surface area (Å²) in [6, 6.07) is 1.47. The molecule has 2 atom stereocenters. The number of urea groups is 1. The summed E-state index contributed by atoms with van der Waals surface area (Å²) < 4.78 is 36.8. The number of aromatic nitrogens is 2. The summed E-state index contributed by atoms with van der Waals surface area (Å²) >= 11 is 0. The lowest BCUT2D eigenvalue weighted by Crippen LogP contribution is -2.48. The minimum atomic E-state index is -4.26. The molecule has 2 aliphatic carbocycles. The lowest BCUT2D eigenvalue weighted by Gasteiger charge is -2.25. The van der Waals surface area contributed by atoms with E-state index in [0.29, 0.717) is 12.1 Å². The summed E-state index contributed by atoms with van der Waals surface area (Å²) in [4.78, 5) is 12.9. The Balaban J connectivity index is 1.37. The van der Waals surface area contributed by atoms with E-state index in [1.165, 1.54) is 22.0 Å². The molecule has 5 rings (SSSR count). The smallest absolute Gasteiger partial charge is 0.334 e. The van der Waals surface area contributed by atoms with Crippen LogP contribution in [-0.2, 0) is 47.7 Å². The van der Waals surface area contributed by atoms with Gasteiger partial charge in [-0.25, -0.2) is 13.8 Å². The van der Waals surface area contributed by atoms with E-state index in [2.05, 4.69) is 21.2 Å². The molecule has 1 aliphatic heterocycles. The molecule has 0 saturated carbocycles. The number of rotatable bonds is 6. The molecule has 2 aromatic rings. The molecule has 2 amide bonds. The predicted molar refractivity (Wildman–Crippen MR) is 122 cm³/mol. The summed E-state index contributed by atoms with van der Waals surface area (Å²) in [7, 11) is -2.58. The number of aliphatic hydroxyl groups excluding tert-OH is 1. The topological polar surface area (TPSA) is 126 Å². The number of ether oxygens (including phenoxy) is 1. The van der Waals surface area contributed by atoms with Crippen LogP contribution < -0.4 is 14.3 Å². The Morgan fingerprint density at radius 2 is 1.94 bits per heavy atom. The van der Waals surface area contributed by atoms with Gasteiger partial charge >= 0.3 is 16.2 Å². The van der Waals surface area contributed by atoms with Crippen LogP contribution in [0.1, 0.15) is 41.5 Å². The zero-order valence-electron chi connectivity index (χ0n) is 18.6. The van der Waals surface area contributed by atoms with Gasteiger partial charge in [0.25, 0.3) is 0 Å². The van der Waals surface area contributed by atoms with E-state index in [9.17, 15) is 18.3 Å². The molecule has 33 heavy (non-hydrogen) atoms. The highest BCUT2D eigenvalue weighted by atomic mass is 32.2. The number of anilines is 2. The first kappa shape index (κ1) is 22.2. The van der Waals surface area contributed by atoms with Gasteiger partial charge in [0.05, 0.1) is 37.2 Å². The summed E-state index contributed by atoms with van der Waals surface area (Å²) in [5, 5.41) is 16.7. The zero-order valence-corrected chi connectivity index (χ0v) is 19.4. The van der Waals surface area contributed by atoms with Crippen LogP contribution in [0.2, 0.25) is 0 Å². The molecule has 0 spiro atoms. The number of aryl methyl sites for hydroxylation is 3. The first-order chi connectivity index (χ1) is 15.8. The standard InChI is InChI=1S/C22H29N5O5S/c1-26-11-16(10-23-26)27(12-18-9-17(28)13-32-18)33(30,31)25-22(29)24-21-19-6-2-4-14(19)8-15-5-3-7-20(15)21/h8,10-11,17-18,28H,2-7,9,12-13H2,1H3,(H2,24,25,29)/t17-,18+/m0/s1. The van der Waals surface area contributed by atoms with E-state index in [0.717, 1.165) is 59.6 Å². The average Bonchev–Trinajstić information content (AvgIpc) is 3.53. The fraction of sp³-hybridized carbons (Fsp3) is 0.545. The van der Waals surface area contributed by atoms with E-state index < -0.39 is 28.4 Å². The second-order valence-corrected chi connectivity index (χ2v) is 10.6. The van der Waals surface area contributed by atoms with Gasteiger partial charge in [-0.15, -0.1) is 0 Å². The minimum absolute atomic E-state index is 0.0402. The van der Waals surface area contributed by atoms with Crippen molar-refractivity contribution in [2.24, 2.45) is 7.05 Å². The average molecular weight is 476 g/mol. The molecule has 1 aromatic carbocycles. The first-order valence-electron chi connectivity index (χ1n) is 11.4. The summed E-state index contributed by atoms with van der Waals surface area (Å²) in [6.07, 6.45) is 7.98. The van der Waals surface area contributed by atoms with Gasteiger partial charge in [0, 0.05) is 25.4 Å². The lowest BCUT2D eigenvalue weighted by molar-refractivity contribution is 0.0930. The van der Waals surface area contributed by atoms with Gasteiger partial charge in [0.15, 0.2) is 0 Å². The Bertz CT molecular complexity index is 1150. The van der Waals surface area contributed by atoms with E-state index in [-0.39, 0.29) is 13.2 Å². The van der Waals surface area contributed by atoms with E-state index in [1.54, 1.807) is 13.2 Å². The predicted octanol–water partition coefficient (Wildman–Crippen LogP) is 1.42. The van der Waals surface area contributed by atoms with Crippen molar-refractivity contribution in [1.29, 1.82) is 0 Å². The minimum Gasteiger partial charge on any atom is -0.391 e. The fourth-order valence-electron chi connectivity index (χ4n) is 5.16. The maximum absolute atomic E-state index is 13.3. The van der Waals surface area contributed by atoms with Gasteiger partial charge < -0.3 is 15.2 Å². The van der Waals surface area contributed by atoms with Crippen LogP contribution in [0.5, 0.6) is 0 Å². The number of benzene rings is 1. The molecule has 0 radical (unpaired) electrons. The second-order valence-electron chi connectivity index (χ2n) is 9.04.